The Kier molecular flexibility index (Phi) is 5.23. The van der Waals surface area contributed by atoms with Gasteiger partial charge in [-0.2, -0.15) is 5.26 Å². The zero-order valence-corrected chi connectivity index (χ0v) is 17.0. The topological polar surface area (TPSA) is 56.1 Å². The highest BCUT2D eigenvalue weighted by Gasteiger charge is 2.53. The van der Waals surface area contributed by atoms with Crippen molar-refractivity contribution in [2.24, 2.45) is 23.2 Å². The highest BCUT2D eigenvalue weighted by atomic mass is 16.1. The standard InChI is InChI=1S/C23H35N3O/c1-3-21-6-4-5-7-26(21)15-20(14-24)22(27)25-16(2)23-11-17-8-18(12-23)10-19(9-17)13-23/h15-19,21H,3-13H2,1-2H3,(H,25,27)/b20-15-. The second-order valence-corrected chi connectivity index (χ2v) is 9.93. The average Bonchev–Trinajstić information content (AvgIpc) is 2.65. The maximum absolute atomic E-state index is 12.9. The molecule has 5 aliphatic rings. The van der Waals surface area contributed by atoms with Gasteiger partial charge >= 0.3 is 0 Å². The first-order chi connectivity index (χ1) is 13.0. The van der Waals surface area contributed by atoms with Crippen molar-refractivity contribution in [3.05, 3.63) is 11.8 Å². The summed E-state index contributed by atoms with van der Waals surface area (Å²) in [5, 5.41) is 12.9. The maximum Gasteiger partial charge on any atom is 0.263 e. The van der Waals surface area contributed by atoms with E-state index >= 15 is 0 Å². The van der Waals surface area contributed by atoms with E-state index in [9.17, 15) is 10.1 Å². The molecule has 0 aromatic carbocycles. The summed E-state index contributed by atoms with van der Waals surface area (Å²) < 4.78 is 0. The molecule has 1 saturated heterocycles. The molecule has 0 aromatic heterocycles. The van der Waals surface area contributed by atoms with E-state index in [1.165, 1.54) is 44.9 Å². The van der Waals surface area contributed by atoms with Gasteiger partial charge in [-0.1, -0.05) is 6.92 Å². The van der Waals surface area contributed by atoms with Crippen molar-refractivity contribution < 1.29 is 4.79 Å². The fraction of sp³-hybridized carbons (Fsp3) is 0.826. The number of rotatable bonds is 5. The van der Waals surface area contributed by atoms with Crippen molar-refractivity contribution in [3.8, 4) is 6.07 Å². The smallest absolute Gasteiger partial charge is 0.263 e. The van der Waals surface area contributed by atoms with Crippen LogP contribution in [-0.2, 0) is 4.79 Å². The van der Waals surface area contributed by atoms with E-state index in [1.807, 2.05) is 6.20 Å². The van der Waals surface area contributed by atoms with Crippen LogP contribution in [-0.4, -0.2) is 29.4 Å². The highest BCUT2D eigenvalue weighted by Crippen LogP contribution is 2.61. The molecule has 4 saturated carbocycles. The molecule has 4 bridgehead atoms. The van der Waals surface area contributed by atoms with E-state index in [2.05, 4.69) is 30.1 Å². The van der Waals surface area contributed by atoms with Crippen LogP contribution in [0.25, 0.3) is 0 Å². The summed E-state index contributed by atoms with van der Waals surface area (Å²) in [6, 6.07) is 2.81. The van der Waals surface area contributed by atoms with E-state index in [-0.39, 0.29) is 22.9 Å². The third kappa shape index (κ3) is 3.62. The van der Waals surface area contributed by atoms with Crippen LogP contribution in [0, 0.1) is 34.5 Å². The normalized spacial score (nSPS) is 39.1. The van der Waals surface area contributed by atoms with E-state index in [4.69, 9.17) is 0 Å². The summed E-state index contributed by atoms with van der Waals surface area (Å²) >= 11 is 0. The molecule has 2 unspecified atom stereocenters. The molecule has 5 fully saturated rings. The predicted molar refractivity (Wildman–Crippen MR) is 107 cm³/mol. The molecular formula is C23H35N3O. The Morgan fingerprint density at radius 3 is 2.41 bits per heavy atom. The molecule has 4 nitrogen and oxygen atoms in total. The summed E-state index contributed by atoms with van der Waals surface area (Å²) in [6.07, 6.45) is 14.5. The minimum absolute atomic E-state index is 0.165. The van der Waals surface area contributed by atoms with Gasteiger partial charge in [0, 0.05) is 24.8 Å². The third-order valence-electron chi connectivity index (χ3n) is 8.16. The number of hydrogen-bond donors (Lipinski definition) is 1. The monoisotopic (exact) mass is 369 g/mol. The number of piperidine rings is 1. The SMILES string of the molecule is CCC1CCCCN1/C=C(/C#N)C(=O)NC(C)C12CC3CC(CC(C3)C1)C2. The lowest BCUT2D eigenvalue weighted by Gasteiger charge is -2.59. The maximum atomic E-state index is 12.9. The molecule has 148 valence electrons. The summed E-state index contributed by atoms with van der Waals surface area (Å²) in [5.74, 6) is 2.46. The zero-order chi connectivity index (χ0) is 19.0. The summed E-state index contributed by atoms with van der Waals surface area (Å²) in [6.45, 7) is 5.34. The summed E-state index contributed by atoms with van der Waals surface area (Å²) in [4.78, 5) is 15.2. The quantitative estimate of drug-likeness (QED) is 0.578. The molecule has 0 aromatic rings. The van der Waals surface area contributed by atoms with Crippen molar-refractivity contribution in [1.82, 2.24) is 10.2 Å². The molecular weight excluding hydrogens is 334 g/mol. The Morgan fingerprint density at radius 2 is 1.85 bits per heavy atom. The highest BCUT2D eigenvalue weighted by molar-refractivity contribution is 5.97. The van der Waals surface area contributed by atoms with Crippen LogP contribution >= 0.6 is 0 Å². The van der Waals surface area contributed by atoms with Gasteiger partial charge in [0.25, 0.3) is 5.91 Å². The Bertz CT molecular complexity index is 611. The Morgan fingerprint density at radius 1 is 1.22 bits per heavy atom. The molecule has 1 N–H and O–H groups in total. The fourth-order valence-corrected chi connectivity index (χ4v) is 7.07. The van der Waals surface area contributed by atoms with Gasteiger partial charge in [0.15, 0.2) is 0 Å². The number of nitriles is 1. The van der Waals surface area contributed by atoms with Crippen LogP contribution < -0.4 is 5.32 Å². The third-order valence-corrected chi connectivity index (χ3v) is 8.16. The second kappa shape index (κ2) is 7.49. The van der Waals surface area contributed by atoms with E-state index < -0.39 is 0 Å². The first-order valence-corrected chi connectivity index (χ1v) is 11.2. The van der Waals surface area contributed by atoms with E-state index in [1.54, 1.807) is 0 Å². The van der Waals surface area contributed by atoms with Gasteiger partial charge in [-0.05, 0) is 94.3 Å². The van der Waals surface area contributed by atoms with Gasteiger partial charge < -0.3 is 10.2 Å². The van der Waals surface area contributed by atoms with E-state index in [0.29, 0.717) is 6.04 Å². The minimum Gasteiger partial charge on any atom is -0.373 e. The van der Waals surface area contributed by atoms with Gasteiger partial charge in [-0.3, -0.25) is 4.79 Å². The molecule has 1 aliphatic heterocycles. The first kappa shape index (κ1) is 18.8. The van der Waals surface area contributed by atoms with Crippen LogP contribution in [0.1, 0.15) is 78.1 Å². The Labute approximate surface area is 164 Å². The molecule has 1 heterocycles. The molecule has 5 rings (SSSR count). The number of nitrogens with zero attached hydrogens (tertiary/aromatic N) is 2. The second-order valence-electron chi connectivity index (χ2n) is 9.93. The molecule has 2 atom stereocenters. The van der Waals surface area contributed by atoms with Crippen LogP contribution in [0.3, 0.4) is 0 Å². The van der Waals surface area contributed by atoms with Gasteiger partial charge in [0.1, 0.15) is 11.6 Å². The van der Waals surface area contributed by atoms with Crippen LogP contribution in [0.2, 0.25) is 0 Å². The number of carbonyl (C=O) groups is 1. The number of amides is 1. The molecule has 0 radical (unpaired) electrons. The predicted octanol–water partition coefficient (Wildman–Crippen LogP) is 4.38. The largest absolute Gasteiger partial charge is 0.373 e. The fourth-order valence-electron chi connectivity index (χ4n) is 7.07. The number of nitrogens with one attached hydrogen (secondary N) is 1. The molecule has 4 heteroatoms. The molecule has 0 spiro atoms. The van der Waals surface area contributed by atoms with Gasteiger partial charge in [0.05, 0.1) is 0 Å². The number of likely N-dealkylation sites (tertiary alicyclic amines) is 1. The lowest BCUT2D eigenvalue weighted by molar-refractivity contribution is -0.122. The molecule has 4 aliphatic carbocycles. The van der Waals surface area contributed by atoms with Crippen LogP contribution in [0.4, 0.5) is 0 Å². The van der Waals surface area contributed by atoms with Crippen molar-refractivity contribution >= 4 is 5.91 Å². The Balaban J connectivity index is 1.44. The summed E-state index contributed by atoms with van der Waals surface area (Å²) in [5.41, 5.74) is 0.564. The first-order valence-electron chi connectivity index (χ1n) is 11.2. The van der Waals surface area contributed by atoms with Crippen molar-refractivity contribution in [2.75, 3.05) is 6.54 Å². The lowest BCUT2D eigenvalue weighted by atomic mass is 9.48. The van der Waals surface area contributed by atoms with Crippen molar-refractivity contribution in [3.63, 3.8) is 0 Å². The van der Waals surface area contributed by atoms with Gasteiger partial charge in [-0.15, -0.1) is 0 Å². The Hall–Kier alpha value is -1.50. The number of carbonyl (C=O) groups excluding carboxylic acids is 1. The average molecular weight is 370 g/mol. The summed E-state index contributed by atoms with van der Waals surface area (Å²) in [7, 11) is 0. The van der Waals surface area contributed by atoms with Crippen molar-refractivity contribution in [1.29, 1.82) is 5.26 Å². The minimum atomic E-state index is -0.166. The van der Waals surface area contributed by atoms with E-state index in [0.717, 1.165) is 43.6 Å². The van der Waals surface area contributed by atoms with Gasteiger partial charge in [-0.25, -0.2) is 0 Å². The number of hydrogen-bond acceptors (Lipinski definition) is 3. The zero-order valence-electron chi connectivity index (χ0n) is 17.0. The molecule has 27 heavy (non-hydrogen) atoms. The van der Waals surface area contributed by atoms with Crippen molar-refractivity contribution in [2.45, 2.75) is 90.1 Å². The molecule has 1 amide bonds. The van der Waals surface area contributed by atoms with Crippen LogP contribution in [0.5, 0.6) is 0 Å². The van der Waals surface area contributed by atoms with Crippen LogP contribution in [0.15, 0.2) is 11.8 Å². The lowest BCUT2D eigenvalue weighted by Crippen LogP contribution is -2.56. The van der Waals surface area contributed by atoms with Gasteiger partial charge in [0.2, 0.25) is 0 Å².